The lowest BCUT2D eigenvalue weighted by molar-refractivity contribution is 0.939. The topological polar surface area (TPSA) is 52.2 Å². The van der Waals surface area contributed by atoms with E-state index in [0.717, 1.165) is 54.5 Å². The van der Waals surface area contributed by atoms with Crippen LogP contribution in [-0.4, -0.2) is 19.2 Å². The molecule has 230 valence electrons. The summed E-state index contributed by atoms with van der Waals surface area (Å²) < 4.78 is 5.22. The van der Waals surface area contributed by atoms with E-state index >= 15 is 0 Å². The minimum Gasteiger partial charge on any atom is -0.309 e. The molecule has 10 rings (SSSR count). The van der Waals surface area contributed by atoms with Crippen molar-refractivity contribution in [3.63, 3.8) is 0 Å². The zero-order valence-corrected chi connectivity index (χ0v) is 26.9. The van der Waals surface area contributed by atoms with Crippen LogP contribution < -0.4 is 5.56 Å². The highest BCUT2D eigenvalue weighted by atomic mass is 32.1. The van der Waals surface area contributed by atoms with E-state index in [1.165, 1.54) is 33.1 Å². The summed E-state index contributed by atoms with van der Waals surface area (Å²) in [5.74, 6) is 0. The van der Waals surface area contributed by atoms with Crippen molar-refractivity contribution >= 4 is 59.1 Å². The van der Waals surface area contributed by atoms with Gasteiger partial charge in [-0.1, -0.05) is 127 Å². The van der Waals surface area contributed by atoms with E-state index in [1.807, 2.05) is 47.0 Å². The highest BCUT2D eigenvalue weighted by molar-refractivity contribution is 7.23. The third kappa shape index (κ3) is 4.35. The molecule has 5 nitrogen and oxygen atoms in total. The van der Waals surface area contributed by atoms with Gasteiger partial charge in [-0.2, -0.15) is 10.1 Å². The fraction of sp³-hybridized carbons (Fsp3) is 0. The number of nitrogens with zero attached hydrogens (tertiary/aromatic N) is 4. The van der Waals surface area contributed by atoms with Gasteiger partial charge >= 0.3 is 5.56 Å². The molecule has 0 saturated heterocycles. The molecule has 0 aliphatic carbocycles. The Balaban J connectivity index is 1.18. The molecule has 0 aliphatic heterocycles. The third-order valence-electron chi connectivity index (χ3n) is 9.42. The summed E-state index contributed by atoms with van der Waals surface area (Å²) in [7, 11) is 0. The van der Waals surface area contributed by atoms with Gasteiger partial charge < -0.3 is 4.57 Å². The number of para-hydroxylation sites is 2. The van der Waals surface area contributed by atoms with Gasteiger partial charge in [0, 0.05) is 27.4 Å². The molecule has 7 aromatic carbocycles. The van der Waals surface area contributed by atoms with Crippen LogP contribution in [0.1, 0.15) is 0 Å². The van der Waals surface area contributed by atoms with Crippen LogP contribution in [0.2, 0.25) is 0 Å². The predicted octanol–water partition coefficient (Wildman–Crippen LogP) is 10.6. The summed E-state index contributed by atoms with van der Waals surface area (Å²) in [5.41, 5.74) is 9.56. The van der Waals surface area contributed by atoms with Crippen LogP contribution in [-0.2, 0) is 0 Å². The zero-order chi connectivity index (χ0) is 32.5. The second kappa shape index (κ2) is 10.8. The minimum atomic E-state index is -0.332. The molecule has 10 aromatic rings. The van der Waals surface area contributed by atoms with Gasteiger partial charge in [-0.3, -0.25) is 4.79 Å². The van der Waals surface area contributed by atoms with E-state index in [9.17, 15) is 4.79 Å². The monoisotopic (exact) mass is 646 g/mol. The van der Waals surface area contributed by atoms with E-state index in [1.54, 1.807) is 0 Å². The summed E-state index contributed by atoms with van der Waals surface area (Å²) in [6, 6.07) is 54.7. The molecule has 0 atom stereocenters. The number of fused-ring (bicyclic) bond motifs is 8. The molecule has 0 radical (unpaired) electrons. The molecule has 3 aromatic heterocycles. The SMILES string of the molecule is O=c1nc2sc3cc(-c4ccc5c(c4)c4ccccc4n5-c4ccccc4)c4ccccc4c3n2nc1-c1cccc(-c2ccccc2)c1. The molecule has 0 fully saturated rings. The van der Waals surface area contributed by atoms with Gasteiger partial charge in [0.05, 0.1) is 21.3 Å². The Morgan fingerprint density at radius 3 is 2.02 bits per heavy atom. The van der Waals surface area contributed by atoms with Crippen molar-refractivity contribution in [3.8, 4) is 39.2 Å². The molecule has 6 heteroatoms. The molecule has 0 bridgehead atoms. The first kappa shape index (κ1) is 27.7. The minimum absolute atomic E-state index is 0.332. The smallest absolute Gasteiger partial charge is 0.300 e. The summed E-state index contributed by atoms with van der Waals surface area (Å²) in [5, 5.41) is 9.58. The zero-order valence-electron chi connectivity index (χ0n) is 26.1. The lowest BCUT2D eigenvalue weighted by Gasteiger charge is -2.11. The van der Waals surface area contributed by atoms with Crippen LogP contribution in [0, 0.1) is 0 Å². The average Bonchev–Trinajstić information content (AvgIpc) is 3.69. The van der Waals surface area contributed by atoms with E-state index in [2.05, 4.69) is 125 Å². The molecule has 0 spiro atoms. The number of rotatable bonds is 4. The Hall–Kier alpha value is -6.37. The van der Waals surface area contributed by atoms with Crippen LogP contribution >= 0.6 is 11.3 Å². The van der Waals surface area contributed by atoms with Gasteiger partial charge in [0.15, 0.2) is 5.69 Å². The van der Waals surface area contributed by atoms with E-state index in [4.69, 9.17) is 5.10 Å². The fourth-order valence-electron chi connectivity index (χ4n) is 7.21. The Kier molecular flexibility index (Phi) is 6.13. The van der Waals surface area contributed by atoms with Crippen LogP contribution in [0.4, 0.5) is 0 Å². The van der Waals surface area contributed by atoms with Crippen LogP contribution in [0.5, 0.6) is 0 Å². The van der Waals surface area contributed by atoms with E-state index < -0.39 is 0 Å². The Bertz CT molecular complexity index is 2960. The Morgan fingerprint density at radius 2 is 1.18 bits per heavy atom. The van der Waals surface area contributed by atoms with Crippen LogP contribution in [0.3, 0.4) is 0 Å². The molecule has 0 N–H and O–H groups in total. The number of hydrogen-bond donors (Lipinski definition) is 0. The largest absolute Gasteiger partial charge is 0.309 e. The van der Waals surface area contributed by atoms with Gasteiger partial charge in [0.25, 0.3) is 0 Å². The first-order valence-corrected chi connectivity index (χ1v) is 17.0. The second-order valence-corrected chi connectivity index (χ2v) is 13.3. The van der Waals surface area contributed by atoms with Gasteiger partial charge in [0.1, 0.15) is 0 Å². The van der Waals surface area contributed by atoms with Crippen molar-refractivity contribution in [1.29, 1.82) is 0 Å². The van der Waals surface area contributed by atoms with Gasteiger partial charge in [-0.05, 0) is 70.1 Å². The lowest BCUT2D eigenvalue weighted by atomic mass is 9.96. The summed E-state index contributed by atoms with van der Waals surface area (Å²) in [4.78, 5) is 18.6. The molecule has 49 heavy (non-hydrogen) atoms. The highest BCUT2D eigenvalue weighted by Gasteiger charge is 2.19. The fourth-order valence-corrected chi connectivity index (χ4v) is 8.22. The Morgan fingerprint density at radius 1 is 0.510 bits per heavy atom. The first-order chi connectivity index (χ1) is 24.2. The quantitative estimate of drug-likeness (QED) is 0.191. The first-order valence-electron chi connectivity index (χ1n) is 16.2. The molecular weight excluding hydrogens is 621 g/mol. The number of hydrogen-bond acceptors (Lipinski definition) is 4. The standard InChI is InChI=1S/C43H26N4OS/c48-42-40(30-15-11-14-28(24-30)27-12-3-1-4-13-27)45-47-41-34-20-8-7-18-32(34)35(26-39(41)49-43(47)44-42)29-22-23-38-36(25-29)33-19-9-10-21-37(33)46(38)31-16-5-2-6-17-31/h1-26H. The lowest BCUT2D eigenvalue weighted by Crippen LogP contribution is -2.14. The Labute approximate surface area is 284 Å². The van der Waals surface area contributed by atoms with Gasteiger partial charge in [-0.15, -0.1) is 0 Å². The number of benzene rings is 7. The van der Waals surface area contributed by atoms with Gasteiger partial charge in [-0.25, -0.2) is 4.52 Å². The molecular formula is C43H26N4OS. The van der Waals surface area contributed by atoms with Crippen molar-refractivity contribution in [1.82, 2.24) is 19.2 Å². The summed E-state index contributed by atoms with van der Waals surface area (Å²) >= 11 is 1.50. The molecule has 0 aliphatic rings. The van der Waals surface area contributed by atoms with Crippen LogP contribution in [0.25, 0.3) is 87.0 Å². The molecule has 0 amide bonds. The van der Waals surface area contributed by atoms with E-state index in [0.29, 0.717) is 10.7 Å². The molecule has 0 unspecified atom stereocenters. The maximum Gasteiger partial charge on any atom is 0.300 e. The summed E-state index contributed by atoms with van der Waals surface area (Å²) in [6.45, 7) is 0. The van der Waals surface area contributed by atoms with Gasteiger partial charge in [0.2, 0.25) is 4.96 Å². The summed E-state index contributed by atoms with van der Waals surface area (Å²) in [6.07, 6.45) is 0. The number of aromatic nitrogens is 4. The average molecular weight is 647 g/mol. The highest BCUT2D eigenvalue weighted by Crippen LogP contribution is 2.41. The van der Waals surface area contributed by atoms with Crippen LogP contribution in [0.15, 0.2) is 163 Å². The van der Waals surface area contributed by atoms with E-state index in [-0.39, 0.29) is 5.56 Å². The molecule has 0 saturated carbocycles. The third-order valence-corrected chi connectivity index (χ3v) is 10.4. The normalized spacial score (nSPS) is 11.8. The maximum atomic E-state index is 13.5. The van der Waals surface area contributed by atoms with Crippen molar-refractivity contribution in [2.24, 2.45) is 0 Å². The maximum absolute atomic E-state index is 13.5. The van der Waals surface area contributed by atoms with Crippen molar-refractivity contribution in [2.75, 3.05) is 0 Å². The van der Waals surface area contributed by atoms with Crippen molar-refractivity contribution in [3.05, 3.63) is 168 Å². The second-order valence-electron chi connectivity index (χ2n) is 12.2. The number of thiazole rings is 1. The van der Waals surface area contributed by atoms with Crippen molar-refractivity contribution < 1.29 is 0 Å². The molecule has 3 heterocycles. The van der Waals surface area contributed by atoms with Crippen molar-refractivity contribution in [2.45, 2.75) is 0 Å². The predicted molar refractivity (Wildman–Crippen MR) is 203 cm³/mol.